The Morgan fingerprint density at radius 1 is 0.915 bits per heavy atom. The maximum Gasteiger partial charge on any atom is 0.494 e. The lowest BCUT2D eigenvalue weighted by Gasteiger charge is -2.15. The fraction of sp³-hybridized carbons (Fsp3) is 0.387. The highest BCUT2D eigenvalue weighted by Gasteiger charge is 2.38. The lowest BCUT2D eigenvalue weighted by Crippen LogP contribution is -2.42. The van der Waals surface area contributed by atoms with Crippen LogP contribution in [0.1, 0.15) is 34.8 Å². The summed E-state index contributed by atoms with van der Waals surface area (Å²) in [6.45, 7) is 4.18. The van der Waals surface area contributed by atoms with Crippen LogP contribution in [-0.4, -0.2) is 108 Å². The van der Waals surface area contributed by atoms with Gasteiger partial charge in [-0.25, -0.2) is 13.9 Å². The number of thioether (sulfide) groups is 1. The van der Waals surface area contributed by atoms with Gasteiger partial charge in [-0.05, 0) is 13.0 Å². The van der Waals surface area contributed by atoms with E-state index in [1.165, 1.54) is 11.8 Å². The van der Waals surface area contributed by atoms with Crippen LogP contribution >= 0.6 is 11.8 Å². The van der Waals surface area contributed by atoms with Crippen molar-refractivity contribution in [3.8, 4) is 0 Å². The first-order valence-corrected chi connectivity index (χ1v) is 16.3. The number of benzene rings is 1. The number of nitrogens with zero attached hydrogens (tertiary/aromatic N) is 3. The van der Waals surface area contributed by atoms with Crippen LogP contribution in [0.15, 0.2) is 67.3 Å². The molecule has 1 unspecified atom stereocenters. The molecule has 248 valence electrons. The zero-order chi connectivity index (χ0) is 33.8. The molecule has 4 rings (SSSR count). The summed E-state index contributed by atoms with van der Waals surface area (Å²) in [5.74, 6) is -0.737. The number of hydrogen-bond acceptors (Lipinski definition) is 11. The summed E-state index contributed by atoms with van der Waals surface area (Å²) in [6, 6.07) is 11.8. The molecule has 2 aromatic heterocycles. The molecule has 0 aliphatic carbocycles. The second-order valence-corrected chi connectivity index (χ2v) is 12.1. The van der Waals surface area contributed by atoms with E-state index in [2.05, 4.69) is 0 Å². The van der Waals surface area contributed by atoms with E-state index >= 15 is 0 Å². The van der Waals surface area contributed by atoms with Gasteiger partial charge in [-0.3, -0.25) is 14.5 Å². The molecule has 1 aliphatic rings. The normalized spacial score (nSPS) is 14.5. The van der Waals surface area contributed by atoms with Crippen molar-refractivity contribution in [2.45, 2.75) is 31.7 Å². The van der Waals surface area contributed by atoms with Gasteiger partial charge in [0, 0.05) is 53.0 Å². The summed E-state index contributed by atoms with van der Waals surface area (Å²) in [5.41, 5.74) is 2.16. The lowest BCUT2D eigenvalue weighted by atomic mass is 9.82. The predicted molar refractivity (Wildman–Crippen MR) is 173 cm³/mol. The van der Waals surface area contributed by atoms with E-state index in [4.69, 9.17) is 14.2 Å². The summed E-state index contributed by atoms with van der Waals surface area (Å²) in [7, 11) is -3.29. The fourth-order valence-corrected chi connectivity index (χ4v) is 6.01. The summed E-state index contributed by atoms with van der Waals surface area (Å²) in [4.78, 5) is 40.1. The van der Waals surface area contributed by atoms with E-state index in [0.717, 1.165) is 10.5 Å². The van der Waals surface area contributed by atoms with E-state index in [1.807, 2.05) is 13.0 Å². The van der Waals surface area contributed by atoms with E-state index < -0.39 is 25.5 Å². The smallest absolute Gasteiger partial charge is 0.460 e. The minimum absolute atomic E-state index is 0.0718. The maximum atomic E-state index is 13.4. The van der Waals surface area contributed by atoms with Crippen LogP contribution in [-0.2, 0) is 36.9 Å². The quantitative estimate of drug-likeness (QED) is 0.0382. The number of imide groups is 1. The minimum atomic E-state index is -1.66. The van der Waals surface area contributed by atoms with Crippen molar-refractivity contribution in [3.63, 3.8) is 0 Å². The van der Waals surface area contributed by atoms with Crippen molar-refractivity contribution in [1.29, 1.82) is 0 Å². The molecule has 4 N–H and O–H groups in total. The number of hydrogen-bond donors (Lipinski definition) is 4. The Kier molecular flexibility index (Phi) is 13.9. The van der Waals surface area contributed by atoms with Gasteiger partial charge in [0.15, 0.2) is 37.9 Å². The molecule has 3 aromatic rings. The fourth-order valence-electron chi connectivity index (χ4n) is 4.98. The molecule has 1 saturated heterocycles. The third-order valence-corrected chi connectivity index (χ3v) is 8.52. The summed E-state index contributed by atoms with van der Waals surface area (Å²) < 4.78 is 19.7. The van der Waals surface area contributed by atoms with Crippen molar-refractivity contribution < 1.29 is 57.8 Å². The van der Waals surface area contributed by atoms with Gasteiger partial charge in [0.25, 0.3) is 0 Å². The van der Waals surface area contributed by atoms with Crippen molar-refractivity contribution in [2.24, 2.45) is 0 Å². The Morgan fingerprint density at radius 2 is 1.57 bits per heavy atom. The van der Waals surface area contributed by atoms with Gasteiger partial charge < -0.3 is 34.3 Å². The molecule has 3 heterocycles. The molecule has 1 aliphatic heterocycles. The second-order valence-electron chi connectivity index (χ2n) is 10.8. The van der Waals surface area contributed by atoms with Crippen LogP contribution in [0, 0.1) is 0 Å². The molecule has 16 heteroatoms. The van der Waals surface area contributed by atoms with Gasteiger partial charge in [0.05, 0.1) is 37.2 Å². The lowest BCUT2D eigenvalue weighted by molar-refractivity contribution is -0.688. The van der Waals surface area contributed by atoms with Gasteiger partial charge in [-0.2, -0.15) is 0 Å². The van der Waals surface area contributed by atoms with Gasteiger partial charge >= 0.3 is 20.2 Å². The number of ether oxygens (including phenoxy) is 3. The first-order chi connectivity index (χ1) is 22.7. The molecule has 47 heavy (non-hydrogen) atoms. The molecule has 1 fully saturated rings. The summed E-state index contributed by atoms with van der Waals surface area (Å²) in [5, 5.41) is 37.8. The number of rotatable bonds is 18. The molecular weight excluding hydrogens is 628 g/mol. The molecule has 2 amide bonds. The molecule has 1 aromatic carbocycles. The SMILES string of the molecule is CCOCCOCCSC1CC(=O)N(CCOC(=O)c2cc(C[n+]3cccc(B(O)O)c3)ccc2C[n+]2cccc(B(O)O)c2)C1=O. The van der Waals surface area contributed by atoms with Crippen molar-refractivity contribution >= 4 is 54.7 Å². The zero-order valence-electron chi connectivity index (χ0n) is 26.1. The Balaban J connectivity index is 1.42. The maximum absolute atomic E-state index is 13.4. The average molecular weight is 667 g/mol. The highest BCUT2D eigenvalue weighted by Crippen LogP contribution is 2.25. The number of pyridine rings is 2. The molecule has 1 atom stereocenters. The van der Waals surface area contributed by atoms with Crippen LogP contribution in [0.3, 0.4) is 0 Å². The van der Waals surface area contributed by atoms with E-state index in [1.54, 1.807) is 70.3 Å². The Hall–Kier alpha value is -3.63. The number of carbonyl (C=O) groups excluding carboxylic acids is 3. The topological polar surface area (TPSA) is 171 Å². The van der Waals surface area contributed by atoms with Crippen LogP contribution in [0.4, 0.5) is 0 Å². The van der Waals surface area contributed by atoms with Crippen molar-refractivity contribution in [2.75, 3.05) is 45.3 Å². The molecule has 0 saturated carbocycles. The van der Waals surface area contributed by atoms with Gasteiger partial charge in [-0.1, -0.05) is 24.3 Å². The Bertz CT molecular complexity index is 1530. The highest BCUT2D eigenvalue weighted by molar-refractivity contribution is 8.00. The number of likely N-dealkylation sites (tertiary alicyclic amines) is 1. The van der Waals surface area contributed by atoms with Gasteiger partial charge in [-0.15, -0.1) is 11.8 Å². The highest BCUT2D eigenvalue weighted by atomic mass is 32.2. The second kappa shape index (κ2) is 18.1. The monoisotopic (exact) mass is 667 g/mol. The largest absolute Gasteiger partial charge is 0.494 e. The van der Waals surface area contributed by atoms with Crippen molar-refractivity contribution in [3.05, 3.63) is 83.9 Å². The first-order valence-electron chi connectivity index (χ1n) is 15.3. The molecule has 0 bridgehead atoms. The minimum Gasteiger partial charge on any atom is -0.460 e. The van der Waals surface area contributed by atoms with Crippen LogP contribution < -0.4 is 20.1 Å². The predicted octanol–water partition coefficient (Wildman–Crippen LogP) is -2.21. The van der Waals surface area contributed by atoms with E-state index in [0.29, 0.717) is 49.8 Å². The first kappa shape index (κ1) is 36.2. The zero-order valence-corrected chi connectivity index (χ0v) is 27.0. The third kappa shape index (κ3) is 10.7. The number of amides is 2. The van der Waals surface area contributed by atoms with Crippen LogP contribution in [0.5, 0.6) is 0 Å². The Labute approximate surface area is 278 Å². The van der Waals surface area contributed by atoms with Crippen LogP contribution in [0.25, 0.3) is 0 Å². The number of aromatic nitrogens is 2. The third-order valence-electron chi connectivity index (χ3n) is 7.34. The Morgan fingerprint density at radius 3 is 2.23 bits per heavy atom. The summed E-state index contributed by atoms with van der Waals surface area (Å²) in [6.07, 6.45) is 6.70. The number of esters is 1. The molecule has 0 spiro atoms. The van der Waals surface area contributed by atoms with Gasteiger partial charge in [0.2, 0.25) is 11.8 Å². The molecule has 0 radical (unpaired) electrons. The standard InChI is InChI=1S/C31H39B2N3O10S/c1-2-44-13-14-45-15-16-47-28-18-29(37)36(30(28)38)11-12-46-31(39)27-17-23(19-34-9-3-5-25(21-34)32(40)41)7-8-24(27)20-35-10-4-6-26(22-35)33(42)43/h3-10,17,21-22,28,40-43H,2,11-16,18-20H2,1H3/q+2. The summed E-state index contributed by atoms with van der Waals surface area (Å²) >= 11 is 1.36. The van der Waals surface area contributed by atoms with Crippen molar-refractivity contribution in [1.82, 2.24) is 4.90 Å². The molecule has 13 nitrogen and oxygen atoms in total. The molecular formula is C31H39B2N3O10S+2. The van der Waals surface area contributed by atoms with Crippen LogP contribution in [0.2, 0.25) is 0 Å². The average Bonchev–Trinajstić information content (AvgIpc) is 3.32. The number of carbonyl (C=O) groups is 3. The van der Waals surface area contributed by atoms with E-state index in [9.17, 15) is 34.5 Å². The van der Waals surface area contributed by atoms with E-state index in [-0.39, 0.29) is 49.0 Å². The van der Waals surface area contributed by atoms with Gasteiger partial charge in [0.1, 0.15) is 6.61 Å².